The molecule has 2 saturated carbocycles. The van der Waals surface area contributed by atoms with Crippen molar-refractivity contribution >= 4 is 17.4 Å². The van der Waals surface area contributed by atoms with E-state index in [0.717, 1.165) is 25.7 Å². The highest BCUT2D eigenvalue weighted by atomic mass is 16.5. The molecule has 0 spiro atoms. The monoisotopic (exact) mass is 345 g/mol. The molecule has 3 rings (SSSR count). The van der Waals surface area contributed by atoms with E-state index in [-0.39, 0.29) is 23.7 Å². The number of ketones is 1. The third kappa shape index (κ3) is 3.97. The molecule has 5 heteroatoms. The van der Waals surface area contributed by atoms with Crippen molar-refractivity contribution < 1.29 is 19.4 Å². The van der Waals surface area contributed by atoms with Crippen LogP contribution in [0.2, 0.25) is 0 Å². The lowest BCUT2D eigenvalue weighted by atomic mass is 9.80. The number of anilines is 1. The third-order valence-corrected chi connectivity index (χ3v) is 5.80. The van der Waals surface area contributed by atoms with Gasteiger partial charge in [-0.15, -0.1) is 0 Å². The number of methoxy groups -OCH3 is 1. The molecule has 2 aliphatic carbocycles. The lowest BCUT2D eigenvalue weighted by molar-refractivity contribution is -0.140. The fourth-order valence-corrected chi connectivity index (χ4v) is 4.57. The summed E-state index contributed by atoms with van der Waals surface area (Å²) in [6, 6.07) is 7.32. The van der Waals surface area contributed by atoms with Crippen LogP contribution in [0.4, 0.5) is 5.69 Å². The number of Topliss-reactive ketones (excluding diaryl/α,β-unsaturated/α-hetero) is 1. The molecule has 0 unspecified atom stereocenters. The minimum absolute atomic E-state index is 0.0245. The van der Waals surface area contributed by atoms with E-state index in [1.165, 1.54) is 7.11 Å². The Morgan fingerprint density at radius 3 is 2.64 bits per heavy atom. The Bertz CT molecular complexity index is 630. The molecular weight excluding hydrogens is 318 g/mol. The molecule has 5 nitrogen and oxygen atoms in total. The molecule has 0 amide bonds. The maximum atomic E-state index is 12.8. The highest BCUT2D eigenvalue weighted by molar-refractivity contribution is 5.83. The number of hydrogen-bond donors (Lipinski definition) is 2. The minimum Gasteiger partial charge on any atom is -0.506 e. The summed E-state index contributed by atoms with van der Waals surface area (Å²) in [5.74, 6) is 1.30. The minimum atomic E-state index is -0.216. The van der Waals surface area contributed by atoms with Crippen molar-refractivity contribution in [3.8, 4) is 5.75 Å². The number of esters is 1. The summed E-state index contributed by atoms with van der Waals surface area (Å²) in [6.07, 6.45) is 5.69. The lowest BCUT2D eigenvalue weighted by Crippen LogP contribution is -2.39. The van der Waals surface area contributed by atoms with Gasteiger partial charge in [0.05, 0.1) is 12.8 Å². The van der Waals surface area contributed by atoms with Gasteiger partial charge in [0.1, 0.15) is 11.5 Å². The van der Waals surface area contributed by atoms with Gasteiger partial charge in [-0.05, 0) is 56.1 Å². The molecule has 2 bridgehead atoms. The second-order valence-corrected chi connectivity index (χ2v) is 7.30. The quantitative estimate of drug-likeness (QED) is 0.428. The second-order valence-electron chi connectivity index (χ2n) is 7.30. The molecule has 25 heavy (non-hydrogen) atoms. The van der Waals surface area contributed by atoms with Crippen LogP contribution in [0, 0.1) is 17.8 Å². The number of fused-ring (bicyclic) bond motifs is 2. The number of carbonyl (C=O) groups is 2. The van der Waals surface area contributed by atoms with Gasteiger partial charge in [-0.1, -0.05) is 12.1 Å². The summed E-state index contributed by atoms with van der Waals surface area (Å²) in [7, 11) is 1.39. The van der Waals surface area contributed by atoms with Gasteiger partial charge in [0, 0.05) is 24.8 Å². The summed E-state index contributed by atoms with van der Waals surface area (Å²) in [5.41, 5.74) is 0.712. The van der Waals surface area contributed by atoms with E-state index >= 15 is 0 Å². The van der Waals surface area contributed by atoms with Gasteiger partial charge in [-0.3, -0.25) is 9.59 Å². The van der Waals surface area contributed by atoms with Crippen molar-refractivity contribution in [3.05, 3.63) is 24.3 Å². The summed E-state index contributed by atoms with van der Waals surface area (Å²) in [5, 5.41) is 13.5. The number of rotatable bonds is 8. The zero-order chi connectivity index (χ0) is 17.8. The fraction of sp³-hybridized carbons (Fsp3) is 0.600. The molecule has 1 aromatic rings. The van der Waals surface area contributed by atoms with Crippen molar-refractivity contribution in [1.82, 2.24) is 0 Å². The van der Waals surface area contributed by atoms with E-state index in [0.29, 0.717) is 42.6 Å². The van der Waals surface area contributed by atoms with E-state index in [1.54, 1.807) is 12.1 Å². The third-order valence-electron chi connectivity index (χ3n) is 5.80. The number of para-hydroxylation sites is 2. The molecule has 2 fully saturated rings. The smallest absolute Gasteiger partial charge is 0.305 e. The molecule has 0 heterocycles. The maximum absolute atomic E-state index is 12.8. The van der Waals surface area contributed by atoms with E-state index in [9.17, 15) is 14.7 Å². The first kappa shape index (κ1) is 17.8. The Kier molecular flexibility index (Phi) is 5.61. The highest BCUT2D eigenvalue weighted by Gasteiger charge is 2.50. The average Bonchev–Trinajstić information content (AvgIpc) is 3.21. The summed E-state index contributed by atoms with van der Waals surface area (Å²) in [4.78, 5) is 24.0. The van der Waals surface area contributed by atoms with Crippen molar-refractivity contribution in [2.45, 2.75) is 51.0 Å². The zero-order valence-corrected chi connectivity index (χ0v) is 14.7. The maximum Gasteiger partial charge on any atom is 0.305 e. The molecule has 4 atom stereocenters. The highest BCUT2D eigenvalue weighted by Crippen LogP contribution is 2.50. The van der Waals surface area contributed by atoms with Gasteiger partial charge in [0.25, 0.3) is 0 Å². The first-order chi connectivity index (χ1) is 12.1. The standard InChI is InChI=1S/C20H27NO4/c1-25-18(24)9-5-4-8-17(23)19-13-10-11-14(12-13)20(19)21-15-6-2-3-7-16(15)22/h2-3,6-7,13-14,19-22H,4-5,8-12H2,1H3/t13-,14+,19+,20-/m0/s1. The number of nitrogens with one attached hydrogen (secondary N) is 1. The number of aromatic hydroxyl groups is 1. The Hall–Kier alpha value is -2.04. The first-order valence-corrected chi connectivity index (χ1v) is 9.24. The fourth-order valence-electron chi connectivity index (χ4n) is 4.57. The molecule has 136 valence electrons. The number of phenols is 1. The molecular formula is C20H27NO4. The molecule has 0 aromatic heterocycles. The van der Waals surface area contributed by atoms with Crippen LogP contribution in [0.1, 0.15) is 44.9 Å². The van der Waals surface area contributed by atoms with E-state index in [1.807, 2.05) is 12.1 Å². The van der Waals surface area contributed by atoms with Crippen molar-refractivity contribution in [2.75, 3.05) is 12.4 Å². The van der Waals surface area contributed by atoms with Crippen molar-refractivity contribution in [3.63, 3.8) is 0 Å². The van der Waals surface area contributed by atoms with Crippen LogP contribution in [0.3, 0.4) is 0 Å². The van der Waals surface area contributed by atoms with Gasteiger partial charge in [-0.25, -0.2) is 0 Å². The lowest BCUT2D eigenvalue weighted by Gasteiger charge is -2.32. The number of carbonyl (C=O) groups excluding carboxylic acids is 2. The predicted octanol–water partition coefficient (Wildman–Crippen LogP) is 3.52. The summed E-state index contributed by atoms with van der Waals surface area (Å²) < 4.78 is 4.63. The number of benzene rings is 1. The van der Waals surface area contributed by atoms with E-state index in [2.05, 4.69) is 10.1 Å². The number of ether oxygens (including phenoxy) is 1. The van der Waals surface area contributed by atoms with Gasteiger partial charge in [0.15, 0.2) is 0 Å². The first-order valence-electron chi connectivity index (χ1n) is 9.24. The van der Waals surface area contributed by atoms with Gasteiger partial charge in [-0.2, -0.15) is 0 Å². The topological polar surface area (TPSA) is 75.6 Å². The average molecular weight is 345 g/mol. The summed E-state index contributed by atoms with van der Waals surface area (Å²) in [6.45, 7) is 0. The Morgan fingerprint density at radius 2 is 1.88 bits per heavy atom. The van der Waals surface area contributed by atoms with Gasteiger partial charge in [0.2, 0.25) is 0 Å². The van der Waals surface area contributed by atoms with E-state index in [4.69, 9.17) is 0 Å². The molecule has 2 aliphatic rings. The normalized spacial score (nSPS) is 27.2. The zero-order valence-electron chi connectivity index (χ0n) is 14.7. The molecule has 0 saturated heterocycles. The Labute approximate surface area is 148 Å². The van der Waals surface area contributed by atoms with Crippen LogP contribution in [-0.4, -0.2) is 30.0 Å². The summed E-state index contributed by atoms with van der Waals surface area (Å²) >= 11 is 0. The molecule has 0 radical (unpaired) electrons. The number of hydrogen-bond acceptors (Lipinski definition) is 5. The van der Waals surface area contributed by atoms with Gasteiger partial charge < -0.3 is 15.2 Å². The number of unbranched alkanes of at least 4 members (excludes halogenated alkanes) is 1. The molecule has 2 N–H and O–H groups in total. The predicted molar refractivity (Wildman–Crippen MR) is 95.3 cm³/mol. The van der Waals surface area contributed by atoms with Crippen molar-refractivity contribution in [2.24, 2.45) is 17.8 Å². The molecule has 0 aliphatic heterocycles. The SMILES string of the molecule is COC(=O)CCCCC(=O)[C@H]1[C@H]2CC[C@H](C2)[C@@H]1Nc1ccccc1O. The molecule has 1 aromatic carbocycles. The Balaban J connectivity index is 1.59. The van der Waals surface area contributed by atoms with E-state index < -0.39 is 0 Å². The largest absolute Gasteiger partial charge is 0.506 e. The van der Waals surface area contributed by atoms with Crippen molar-refractivity contribution in [1.29, 1.82) is 0 Å². The van der Waals surface area contributed by atoms with Crippen LogP contribution in [0.15, 0.2) is 24.3 Å². The van der Waals surface area contributed by atoms with Crippen LogP contribution in [0.25, 0.3) is 0 Å². The van der Waals surface area contributed by atoms with Gasteiger partial charge >= 0.3 is 5.97 Å². The van der Waals surface area contributed by atoms with Crippen LogP contribution < -0.4 is 5.32 Å². The second kappa shape index (κ2) is 7.89. The van der Waals surface area contributed by atoms with Crippen LogP contribution in [0.5, 0.6) is 5.75 Å². The number of phenolic OH excluding ortho intramolecular Hbond substituents is 1. The Morgan fingerprint density at radius 1 is 1.16 bits per heavy atom. The van der Waals surface area contributed by atoms with Crippen LogP contribution >= 0.6 is 0 Å². The van der Waals surface area contributed by atoms with Crippen LogP contribution in [-0.2, 0) is 14.3 Å².